The molecule has 0 N–H and O–H groups in total. The third kappa shape index (κ3) is 1.02. The summed E-state index contributed by atoms with van der Waals surface area (Å²) in [6.45, 7) is 1.83. The molecule has 3 atom stereocenters. The SMILES string of the molecule is COC1(OC)C(=O)[C@@H](C)[C@@H]2C=C[C@H]1O2. The molecule has 4 heteroatoms. The minimum Gasteiger partial charge on any atom is -0.360 e. The first-order valence-corrected chi connectivity index (χ1v) is 4.64. The van der Waals surface area contributed by atoms with Crippen LogP contribution in [0.15, 0.2) is 12.2 Å². The largest absolute Gasteiger partial charge is 0.360 e. The molecule has 0 aliphatic carbocycles. The van der Waals surface area contributed by atoms with Crippen LogP contribution in [0.2, 0.25) is 0 Å². The molecule has 78 valence electrons. The summed E-state index contributed by atoms with van der Waals surface area (Å²) in [5.41, 5.74) is 0. The van der Waals surface area contributed by atoms with Crippen LogP contribution in [0.4, 0.5) is 0 Å². The Hall–Kier alpha value is -0.710. The van der Waals surface area contributed by atoms with Crippen molar-refractivity contribution in [2.24, 2.45) is 5.92 Å². The van der Waals surface area contributed by atoms with Crippen molar-refractivity contribution in [1.82, 2.24) is 0 Å². The molecule has 0 amide bonds. The Bertz CT molecular complexity index is 280. The molecular weight excluding hydrogens is 184 g/mol. The van der Waals surface area contributed by atoms with E-state index in [1.807, 2.05) is 19.1 Å². The van der Waals surface area contributed by atoms with Crippen molar-refractivity contribution in [2.45, 2.75) is 24.9 Å². The van der Waals surface area contributed by atoms with Crippen molar-refractivity contribution >= 4 is 5.78 Å². The van der Waals surface area contributed by atoms with Gasteiger partial charge in [-0.2, -0.15) is 0 Å². The number of carbonyl (C=O) groups excluding carboxylic acids is 1. The van der Waals surface area contributed by atoms with Gasteiger partial charge in [0.05, 0.1) is 12.0 Å². The van der Waals surface area contributed by atoms with Crippen molar-refractivity contribution < 1.29 is 19.0 Å². The fourth-order valence-corrected chi connectivity index (χ4v) is 2.09. The molecular formula is C10H14O4. The lowest BCUT2D eigenvalue weighted by Crippen LogP contribution is -2.59. The summed E-state index contributed by atoms with van der Waals surface area (Å²) in [7, 11) is 2.92. The number of hydrogen-bond acceptors (Lipinski definition) is 4. The molecule has 0 unspecified atom stereocenters. The van der Waals surface area contributed by atoms with Gasteiger partial charge in [0, 0.05) is 14.2 Å². The number of Topliss-reactive ketones (excluding diaryl/α,β-unsaturated/α-hetero) is 1. The molecule has 14 heavy (non-hydrogen) atoms. The summed E-state index contributed by atoms with van der Waals surface area (Å²) >= 11 is 0. The molecule has 0 aromatic heterocycles. The minimum absolute atomic E-state index is 0.0475. The lowest BCUT2D eigenvalue weighted by atomic mass is 9.90. The summed E-state index contributed by atoms with van der Waals surface area (Å²) in [5.74, 6) is -1.51. The number of ketones is 1. The van der Waals surface area contributed by atoms with Crippen molar-refractivity contribution in [2.75, 3.05) is 14.2 Å². The van der Waals surface area contributed by atoms with Crippen molar-refractivity contribution in [1.29, 1.82) is 0 Å². The van der Waals surface area contributed by atoms with Gasteiger partial charge in [-0.1, -0.05) is 19.1 Å². The maximum absolute atomic E-state index is 12.0. The Morgan fingerprint density at radius 1 is 1.36 bits per heavy atom. The van der Waals surface area contributed by atoms with Crippen LogP contribution >= 0.6 is 0 Å². The smallest absolute Gasteiger partial charge is 0.259 e. The zero-order chi connectivity index (χ0) is 10.3. The van der Waals surface area contributed by atoms with Gasteiger partial charge >= 0.3 is 0 Å². The molecule has 0 spiro atoms. The highest BCUT2D eigenvalue weighted by atomic mass is 16.7. The molecule has 0 aromatic rings. The van der Waals surface area contributed by atoms with Crippen LogP contribution in [0.1, 0.15) is 6.92 Å². The molecule has 0 radical (unpaired) electrons. The quantitative estimate of drug-likeness (QED) is 0.479. The van der Waals surface area contributed by atoms with Crippen molar-refractivity contribution in [3.05, 3.63) is 12.2 Å². The predicted octanol–water partition coefficient (Wildman–Crippen LogP) is 0.518. The van der Waals surface area contributed by atoms with Gasteiger partial charge in [0.15, 0.2) is 0 Å². The summed E-state index contributed by atoms with van der Waals surface area (Å²) in [4.78, 5) is 12.0. The van der Waals surface area contributed by atoms with Crippen LogP contribution in [0.5, 0.6) is 0 Å². The van der Waals surface area contributed by atoms with Crippen molar-refractivity contribution in [3.8, 4) is 0 Å². The average Bonchev–Trinajstić information content (AvgIpc) is 2.65. The van der Waals surface area contributed by atoms with E-state index in [2.05, 4.69) is 0 Å². The highest BCUT2D eigenvalue weighted by Gasteiger charge is 2.56. The zero-order valence-corrected chi connectivity index (χ0v) is 8.52. The number of fused-ring (bicyclic) bond motifs is 2. The van der Waals surface area contributed by atoms with E-state index in [9.17, 15) is 4.79 Å². The monoisotopic (exact) mass is 198 g/mol. The number of carbonyl (C=O) groups is 1. The molecule has 2 aliphatic heterocycles. The molecule has 1 fully saturated rings. The maximum Gasteiger partial charge on any atom is 0.259 e. The third-order valence-corrected chi connectivity index (χ3v) is 3.01. The lowest BCUT2D eigenvalue weighted by molar-refractivity contribution is -0.265. The molecule has 4 nitrogen and oxygen atoms in total. The number of hydrogen-bond donors (Lipinski definition) is 0. The first kappa shape index (κ1) is 9.83. The van der Waals surface area contributed by atoms with E-state index in [1.165, 1.54) is 14.2 Å². The Labute approximate surface area is 82.8 Å². The highest BCUT2D eigenvalue weighted by Crippen LogP contribution is 2.38. The molecule has 2 heterocycles. The first-order valence-electron chi connectivity index (χ1n) is 4.64. The van der Waals surface area contributed by atoms with E-state index in [0.717, 1.165) is 0 Å². The van der Waals surface area contributed by atoms with Gasteiger partial charge in [0.25, 0.3) is 5.79 Å². The van der Waals surface area contributed by atoms with E-state index >= 15 is 0 Å². The van der Waals surface area contributed by atoms with Gasteiger partial charge in [-0.05, 0) is 0 Å². The lowest BCUT2D eigenvalue weighted by Gasteiger charge is -2.40. The van der Waals surface area contributed by atoms with Gasteiger partial charge in [0.1, 0.15) is 6.10 Å². The Morgan fingerprint density at radius 2 is 2.00 bits per heavy atom. The predicted molar refractivity (Wildman–Crippen MR) is 48.7 cm³/mol. The molecule has 0 saturated carbocycles. The van der Waals surface area contributed by atoms with E-state index in [0.29, 0.717) is 0 Å². The summed E-state index contributed by atoms with van der Waals surface area (Å²) in [6, 6.07) is 0. The second-order valence-electron chi connectivity index (χ2n) is 3.63. The topological polar surface area (TPSA) is 44.8 Å². The van der Waals surface area contributed by atoms with Gasteiger partial charge in [-0.15, -0.1) is 0 Å². The summed E-state index contributed by atoms with van der Waals surface area (Å²) < 4.78 is 16.0. The van der Waals surface area contributed by atoms with Crippen molar-refractivity contribution in [3.63, 3.8) is 0 Å². The fourth-order valence-electron chi connectivity index (χ4n) is 2.09. The normalized spacial score (nSPS) is 39.1. The average molecular weight is 198 g/mol. The number of methoxy groups -OCH3 is 2. The standard InChI is InChI=1S/C10H14O4/c1-6-7-4-5-8(14-7)10(12-2,13-3)9(6)11/h4-8H,1-3H3/t6-,7-,8+/m0/s1. The third-order valence-electron chi connectivity index (χ3n) is 3.01. The van der Waals surface area contributed by atoms with Gasteiger partial charge < -0.3 is 14.2 Å². The molecule has 2 bridgehead atoms. The van der Waals surface area contributed by atoms with Crippen LogP contribution in [-0.2, 0) is 19.0 Å². The Kier molecular flexibility index (Phi) is 2.21. The molecule has 0 aromatic carbocycles. The van der Waals surface area contributed by atoms with Gasteiger partial charge in [-0.25, -0.2) is 0 Å². The second-order valence-corrected chi connectivity index (χ2v) is 3.63. The van der Waals surface area contributed by atoms with Crippen LogP contribution in [0.25, 0.3) is 0 Å². The van der Waals surface area contributed by atoms with Crippen LogP contribution in [0.3, 0.4) is 0 Å². The Morgan fingerprint density at radius 3 is 2.57 bits per heavy atom. The first-order chi connectivity index (χ1) is 6.65. The second kappa shape index (κ2) is 3.15. The summed E-state index contributed by atoms with van der Waals surface area (Å²) in [6.07, 6.45) is 3.20. The van der Waals surface area contributed by atoms with E-state index in [-0.39, 0.29) is 17.8 Å². The summed E-state index contributed by atoms with van der Waals surface area (Å²) in [5, 5.41) is 0. The molecule has 2 rings (SSSR count). The van der Waals surface area contributed by atoms with E-state index in [4.69, 9.17) is 14.2 Å². The molecule has 2 aliphatic rings. The number of rotatable bonds is 2. The highest BCUT2D eigenvalue weighted by molar-refractivity contribution is 5.91. The molecule has 1 saturated heterocycles. The van der Waals surface area contributed by atoms with Crippen LogP contribution in [-0.4, -0.2) is 38.0 Å². The maximum atomic E-state index is 12.0. The Balaban J connectivity index is 2.39. The zero-order valence-electron chi connectivity index (χ0n) is 8.52. The fraction of sp³-hybridized carbons (Fsp3) is 0.700. The van der Waals surface area contributed by atoms with E-state index in [1.54, 1.807) is 0 Å². The minimum atomic E-state index is -1.25. The van der Waals surface area contributed by atoms with Gasteiger partial charge in [-0.3, -0.25) is 4.79 Å². The van der Waals surface area contributed by atoms with E-state index < -0.39 is 11.9 Å². The number of ether oxygens (including phenoxy) is 3. The van der Waals surface area contributed by atoms with Gasteiger partial charge in [0.2, 0.25) is 5.78 Å². The van der Waals surface area contributed by atoms with Crippen LogP contribution in [0, 0.1) is 5.92 Å². The van der Waals surface area contributed by atoms with Crippen LogP contribution < -0.4 is 0 Å².